The van der Waals surface area contributed by atoms with Gasteiger partial charge in [0.15, 0.2) is 0 Å². The van der Waals surface area contributed by atoms with Gasteiger partial charge in [-0.25, -0.2) is 0 Å². The molecule has 0 saturated heterocycles. The minimum atomic E-state index is 0.777. The highest BCUT2D eigenvalue weighted by Gasteiger charge is 2.04. The number of hydrogen-bond donors (Lipinski definition) is 1. The first kappa shape index (κ1) is 13.8. The molecular weight excluding hydrogens is 330 g/mol. The van der Waals surface area contributed by atoms with E-state index in [1.54, 1.807) is 0 Å². The van der Waals surface area contributed by atoms with Crippen LogP contribution in [0.1, 0.15) is 11.1 Å². The van der Waals surface area contributed by atoms with E-state index >= 15 is 0 Å². The Kier molecular flexibility index (Phi) is 4.98. The number of thioether (sulfide) groups is 1. The fourth-order valence-electron chi connectivity index (χ4n) is 1.58. The summed E-state index contributed by atoms with van der Waals surface area (Å²) in [6, 6.07) is 13.9. The molecule has 0 saturated carbocycles. The highest BCUT2D eigenvalue weighted by atomic mass is 79.9. The quantitative estimate of drug-likeness (QED) is 0.781. The molecule has 0 aliphatic heterocycles. The van der Waals surface area contributed by atoms with Crippen molar-refractivity contribution in [2.24, 2.45) is 0 Å². The maximum absolute atomic E-state index is 5.96. The minimum Gasteiger partial charge on any atom is -0.398 e. The highest BCUT2D eigenvalue weighted by Crippen LogP contribution is 2.28. The molecule has 0 unspecified atom stereocenters. The number of hydrogen-bond acceptors (Lipinski definition) is 2. The lowest BCUT2D eigenvalue weighted by Gasteiger charge is -2.08. The predicted octanol–water partition coefficient (Wildman–Crippen LogP) is 5.12. The van der Waals surface area contributed by atoms with E-state index < -0.39 is 0 Å². The summed E-state index contributed by atoms with van der Waals surface area (Å²) in [4.78, 5) is 0. The maximum atomic E-state index is 5.96. The van der Waals surface area contributed by atoms with Crippen molar-refractivity contribution in [1.29, 1.82) is 0 Å². The van der Waals surface area contributed by atoms with E-state index in [4.69, 9.17) is 17.3 Å². The van der Waals surface area contributed by atoms with Crippen molar-refractivity contribution in [2.75, 3.05) is 5.73 Å². The molecule has 1 nitrogen and oxygen atoms in total. The molecule has 0 aliphatic carbocycles. The third-order valence-electron chi connectivity index (χ3n) is 2.58. The van der Waals surface area contributed by atoms with E-state index in [2.05, 4.69) is 28.1 Å². The van der Waals surface area contributed by atoms with Crippen molar-refractivity contribution in [3.05, 3.63) is 63.1 Å². The number of rotatable bonds is 4. The second kappa shape index (κ2) is 6.50. The van der Waals surface area contributed by atoms with Gasteiger partial charge >= 0.3 is 0 Å². The molecule has 0 fully saturated rings. The molecule has 0 bridgehead atoms. The van der Waals surface area contributed by atoms with Gasteiger partial charge in [-0.2, -0.15) is 11.8 Å². The van der Waals surface area contributed by atoms with Crippen molar-refractivity contribution >= 4 is 45.0 Å². The van der Waals surface area contributed by atoms with E-state index in [-0.39, 0.29) is 0 Å². The molecule has 0 radical (unpaired) electrons. The summed E-state index contributed by atoms with van der Waals surface area (Å²) in [6.07, 6.45) is 0. The molecule has 0 heterocycles. The fraction of sp³-hybridized carbons (Fsp3) is 0.143. The lowest BCUT2D eigenvalue weighted by Crippen LogP contribution is -1.93. The Morgan fingerprint density at radius 2 is 1.78 bits per heavy atom. The summed E-state index contributed by atoms with van der Waals surface area (Å²) in [6.45, 7) is 0. The molecule has 18 heavy (non-hydrogen) atoms. The molecule has 2 N–H and O–H groups in total. The van der Waals surface area contributed by atoms with Gasteiger partial charge in [0.1, 0.15) is 0 Å². The summed E-state index contributed by atoms with van der Waals surface area (Å²) in [5.41, 5.74) is 9.24. The number of nitrogen functional groups attached to an aromatic ring is 1. The topological polar surface area (TPSA) is 26.0 Å². The van der Waals surface area contributed by atoms with Gasteiger partial charge in [-0.1, -0.05) is 45.7 Å². The number of nitrogens with two attached hydrogens (primary N) is 1. The van der Waals surface area contributed by atoms with Gasteiger partial charge in [0.05, 0.1) is 0 Å². The molecule has 0 amide bonds. The molecular formula is C14H13BrClNS. The molecule has 4 heteroatoms. The number of benzene rings is 2. The van der Waals surface area contributed by atoms with Crippen LogP contribution in [0.25, 0.3) is 0 Å². The van der Waals surface area contributed by atoms with Crippen LogP contribution in [0, 0.1) is 0 Å². The second-order valence-corrected chi connectivity index (χ2v) is 6.20. The lowest BCUT2D eigenvalue weighted by atomic mass is 10.2. The summed E-state index contributed by atoms with van der Waals surface area (Å²) >= 11 is 11.2. The first-order valence-corrected chi connectivity index (χ1v) is 7.84. The zero-order valence-corrected chi connectivity index (χ0v) is 12.9. The summed E-state index contributed by atoms with van der Waals surface area (Å²) < 4.78 is 1.08. The molecule has 2 aromatic carbocycles. The standard InChI is InChI=1S/C14H13BrClNS/c15-13-2-1-3-14(17)12(13)9-18-8-10-4-6-11(16)7-5-10/h1-7H,8-9,17H2. The maximum Gasteiger partial charge on any atom is 0.0406 e. The van der Waals surface area contributed by atoms with E-state index in [0.29, 0.717) is 0 Å². The predicted molar refractivity (Wildman–Crippen MR) is 85.0 cm³/mol. The van der Waals surface area contributed by atoms with E-state index in [1.165, 1.54) is 5.56 Å². The van der Waals surface area contributed by atoms with Gasteiger partial charge in [-0.15, -0.1) is 0 Å². The van der Waals surface area contributed by atoms with Crippen molar-refractivity contribution in [3.63, 3.8) is 0 Å². The van der Waals surface area contributed by atoms with Crippen molar-refractivity contribution in [3.8, 4) is 0 Å². The molecule has 0 atom stereocenters. The monoisotopic (exact) mass is 341 g/mol. The lowest BCUT2D eigenvalue weighted by molar-refractivity contribution is 1.35. The Morgan fingerprint density at radius 3 is 2.44 bits per heavy atom. The van der Waals surface area contributed by atoms with Gasteiger partial charge in [0, 0.05) is 26.7 Å². The zero-order valence-electron chi connectivity index (χ0n) is 9.70. The molecule has 94 valence electrons. The molecule has 0 aliphatic rings. The average molecular weight is 343 g/mol. The van der Waals surface area contributed by atoms with Crippen LogP contribution in [0.2, 0.25) is 5.02 Å². The zero-order chi connectivity index (χ0) is 13.0. The highest BCUT2D eigenvalue weighted by molar-refractivity contribution is 9.10. The largest absolute Gasteiger partial charge is 0.398 e. The Hall–Kier alpha value is -0.640. The molecule has 2 rings (SSSR count). The summed E-state index contributed by atoms with van der Waals surface area (Å²) in [5.74, 6) is 1.85. The van der Waals surface area contributed by atoms with Crippen LogP contribution in [0.4, 0.5) is 5.69 Å². The Morgan fingerprint density at radius 1 is 1.06 bits per heavy atom. The first-order chi connectivity index (χ1) is 8.66. The first-order valence-electron chi connectivity index (χ1n) is 5.52. The van der Waals surface area contributed by atoms with Crippen LogP contribution < -0.4 is 5.73 Å². The van der Waals surface area contributed by atoms with Crippen molar-refractivity contribution in [2.45, 2.75) is 11.5 Å². The fourth-order valence-corrected chi connectivity index (χ4v) is 3.47. The van der Waals surface area contributed by atoms with Crippen LogP contribution in [0.15, 0.2) is 46.9 Å². The summed E-state index contributed by atoms with van der Waals surface area (Å²) in [7, 11) is 0. The van der Waals surface area contributed by atoms with Crippen molar-refractivity contribution in [1.82, 2.24) is 0 Å². The van der Waals surface area contributed by atoms with Gasteiger partial charge in [0.25, 0.3) is 0 Å². The van der Waals surface area contributed by atoms with Gasteiger partial charge in [-0.05, 0) is 35.4 Å². The van der Waals surface area contributed by atoms with Crippen LogP contribution in [0.5, 0.6) is 0 Å². The van der Waals surface area contributed by atoms with Gasteiger partial charge in [-0.3, -0.25) is 0 Å². The SMILES string of the molecule is Nc1cccc(Br)c1CSCc1ccc(Cl)cc1. The van der Waals surface area contributed by atoms with E-state index in [1.807, 2.05) is 42.1 Å². The smallest absolute Gasteiger partial charge is 0.0406 e. The summed E-state index contributed by atoms with van der Waals surface area (Å²) in [5, 5.41) is 0.777. The average Bonchev–Trinajstić information content (AvgIpc) is 2.35. The third kappa shape index (κ3) is 3.67. The van der Waals surface area contributed by atoms with E-state index in [0.717, 1.165) is 32.3 Å². The second-order valence-electron chi connectivity index (χ2n) is 3.93. The Labute approximate surface area is 125 Å². The number of halogens is 2. The normalized spacial score (nSPS) is 10.6. The molecule has 2 aromatic rings. The van der Waals surface area contributed by atoms with Gasteiger partial charge in [0.2, 0.25) is 0 Å². The molecule has 0 spiro atoms. The van der Waals surface area contributed by atoms with Crippen LogP contribution in [-0.4, -0.2) is 0 Å². The van der Waals surface area contributed by atoms with Crippen LogP contribution >= 0.6 is 39.3 Å². The minimum absolute atomic E-state index is 0.777. The Balaban J connectivity index is 1.94. The van der Waals surface area contributed by atoms with Crippen LogP contribution in [-0.2, 0) is 11.5 Å². The van der Waals surface area contributed by atoms with E-state index in [9.17, 15) is 0 Å². The molecule has 0 aromatic heterocycles. The number of anilines is 1. The Bertz CT molecular complexity index is 508. The van der Waals surface area contributed by atoms with Crippen molar-refractivity contribution < 1.29 is 0 Å². The third-order valence-corrected chi connectivity index (χ3v) is 4.61. The van der Waals surface area contributed by atoms with Crippen LogP contribution in [0.3, 0.4) is 0 Å². The van der Waals surface area contributed by atoms with Gasteiger partial charge < -0.3 is 5.73 Å².